The fourth-order valence-corrected chi connectivity index (χ4v) is 4.79. The molecule has 29 heavy (non-hydrogen) atoms. The quantitative estimate of drug-likeness (QED) is 0.649. The highest BCUT2D eigenvalue weighted by atomic mass is 32.2. The van der Waals surface area contributed by atoms with E-state index in [1.807, 2.05) is 54.6 Å². The molecule has 0 aromatic heterocycles. The van der Waals surface area contributed by atoms with Gasteiger partial charge in [0.15, 0.2) is 9.84 Å². The molecule has 2 aromatic rings. The number of ether oxygens (including phenoxy) is 1. The van der Waals surface area contributed by atoms with Crippen molar-refractivity contribution in [3.8, 4) is 5.75 Å². The average Bonchev–Trinajstić information content (AvgIpc) is 2.77. The minimum Gasteiger partial charge on any atom is -0.489 e. The van der Waals surface area contributed by atoms with E-state index in [-0.39, 0.29) is 16.9 Å². The van der Waals surface area contributed by atoms with Crippen LogP contribution in [0.3, 0.4) is 0 Å². The fourth-order valence-electron chi connectivity index (χ4n) is 3.39. The van der Waals surface area contributed by atoms with Crippen LogP contribution in [0.25, 0.3) is 6.08 Å². The molecule has 1 heterocycles. The largest absolute Gasteiger partial charge is 0.489 e. The zero-order valence-electron chi connectivity index (χ0n) is 16.7. The first-order valence-electron chi connectivity index (χ1n) is 9.93. The van der Waals surface area contributed by atoms with Gasteiger partial charge in [-0.2, -0.15) is 0 Å². The van der Waals surface area contributed by atoms with Crippen LogP contribution in [0.5, 0.6) is 5.75 Å². The minimum absolute atomic E-state index is 0.0899. The molecule has 1 aliphatic rings. The van der Waals surface area contributed by atoms with Crippen LogP contribution in [0.1, 0.15) is 30.9 Å². The molecule has 5 nitrogen and oxygen atoms in total. The van der Waals surface area contributed by atoms with Crippen LogP contribution in [-0.2, 0) is 21.2 Å². The van der Waals surface area contributed by atoms with E-state index in [1.54, 1.807) is 24.0 Å². The number of carbonyl (C=O) groups excluding carboxylic acids is 1. The Kier molecular flexibility index (Phi) is 7.09. The summed E-state index contributed by atoms with van der Waals surface area (Å²) in [6.07, 6.45) is 4.34. The Balaban J connectivity index is 1.54. The van der Waals surface area contributed by atoms with E-state index in [0.717, 1.165) is 16.9 Å². The first-order chi connectivity index (χ1) is 14.0. The lowest BCUT2D eigenvalue weighted by molar-refractivity contribution is -0.126. The molecular weight excluding hydrogens is 386 g/mol. The molecule has 0 atom stereocenters. The summed E-state index contributed by atoms with van der Waals surface area (Å²) in [5.74, 6) is 0.816. The topological polar surface area (TPSA) is 63.7 Å². The van der Waals surface area contributed by atoms with Crippen molar-refractivity contribution in [2.75, 3.05) is 18.8 Å². The molecule has 3 rings (SSSR count). The SMILES string of the molecule is CCS(=O)(=O)C1CCN(C(=O)/C=C/c2cccc(OCc3ccccc3)c2)CC1. The molecule has 2 aromatic carbocycles. The summed E-state index contributed by atoms with van der Waals surface area (Å²) in [5.41, 5.74) is 1.98. The second kappa shape index (κ2) is 9.74. The summed E-state index contributed by atoms with van der Waals surface area (Å²) in [6, 6.07) is 17.5. The lowest BCUT2D eigenvalue weighted by Crippen LogP contribution is -2.42. The maximum Gasteiger partial charge on any atom is 0.246 e. The summed E-state index contributed by atoms with van der Waals surface area (Å²) in [4.78, 5) is 14.2. The highest BCUT2D eigenvalue weighted by Gasteiger charge is 2.29. The Morgan fingerprint density at radius 2 is 1.83 bits per heavy atom. The number of piperidine rings is 1. The molecule has 0 aliphatic carbocycles. The molecule has 1 fully saturated rings. The number of hydrogen-bond acceptors (Lipinski definition) is 4. The molecule has 1 amide bonds. The monoisotopic (exact) mass is 413 g/mol. The van der Waals surface area contributed by atoms with Gasteiger partial charge in [0.2, 0.25) is 5.91 Å². The van der Waals surface area contributed by atoms with Crippen molar-refractivity contribution >= 4 is 21.8 Å². The molecule has 0 bridgehead atoms. The van der Waals surface area contributed by atoms with E-state index in [2.05, 4.69) is 0 Å². The predicted molar refractivity (Wildman–Crippen MR) is 115 cm³/mol. The van der Waals surface area contributed by atoms with Gasteiger partial charge < -0.3 is 9.64 Å². The standard InChI is InChI=1S/C23H27NO4S/c1-2-29(26,27)22-13-15-24(16-14-22)23(25)12-11-19-9-6-10-21(17-19)28-18-20-7-4-3-5-8-20/h3-12,17,22H,2,13-16,18H2,1H3/b12-11+. The number of amides is 1. The first kappa shape index (κ1) is 21.1. The third kappa shape index (κ3) is 5.94. The van der Waals surface area contributed by atoms with E-state index in [1.165, 1.54) is 0 Å². The van der Waals surface area contributed by atoms with Crippen LogP contribution in [0.15, 0.2) is 60.7 Å². The highest BCUT2D eigenvalue weighted by molar-refractivity contribution is 7.92. The molecule has 0 spiro atoms. The molecule has 0 radical (unpaired) electrons. The summed E-state index contributed by atoms with van der Waals surface area (Å²) < 4.78 is 29.8. The van der Waals surface area contributed by atoms with Gasteiger partial charge in [0.25, 0.3) is 0 Å². The maximum absolute atomic E-state index is 12.5. The van der Waals surface area contributed by atoms with Crippen molar-refractivity contribution in [2.24, 2.45) is 0 Å². The average molecular weight is 414 g/mol. The number of likely N-dealkylation sites (tertiary alicyclic amines) is 1. The van der Waals surface area contributed by atoms with E-state index < -0.39 is 9.84 Å². The van der Waals surface area contributed by atoms with Gasteiger partial charge in [-0.15, -0.1) is 0 Å². The highest BCUT2D eigenvalue weighted by Crippen LogP contribution is 2.20. The van der Waals surface area contributed by atoms with Crippen LogP contribution in [0.4, 0.5) is 0 Å². The van der Waals surface area contributed by atoms with E-state index >= 15 is 0 Å². The zero-order valence-corrected chi connectivity index (χ0v) is 17.5. The Morgan fingerprint density at radius 3 is 2.52 bits per heavy atom. The molecule has 1 aliphatic heterocycles. The zero-order chi connectivity index (χ0) is 20.7. The van der Waals surface area contributed by atoms with E-state index in [9.17, 15) is 13.2 Å². The minimum atomic E-state index is -3.03. The van der Waals surface area contributed by atoms with Gasteiger partial charge in [-0.3, -0.25) is 4.79 Å². The summed E-state index contributed by atoms with van der Waals surface area (Å²) in [5, 5.41) is -0.320. The smallest absolute Gasteiger partial charge is 0.246 e. The molecule has 0 saturated carbocycles. The molecule has 0 N–H and O–H groups in total. The van der Waals surface area contributed by atoms with Crippen molar-refractivity contribution < 1.29 is 17.9 Å². The maximum atomic E-state index is 12.5. The third-order valence-corrected chi connectivity index (χ3v) is 7.48. The lowest BCUT2D eigenvalue weighted by atomic mass is 10.1. The Morgan fingerprint density at radius 1 is 1.10 bits per heavy atom. The molecule has 6 heteroatoms. The van der Waals surface area contributed by atoms with Crippen LogP contribution >= 0.6 is 0 Å². The van der Waals surface area contributed by atoms with Gasteiger partial charge >= 0.3 is 0 Å². The third-order valence-electron chi connectivity index (χ3n) is 5.19. The van der Waals surface area contributed by atoms with Crippen LogP contribution in [-0.4, -0.2) is 43.3 Å². The fraction of sp³-hybridized carbons (Fsp3) is 0.348. The Labute approximate surface area is 172 Å². The summed E-state index contributed by atoms with van der Waals surface area (Å²) in [6.45, 7) is 3.12. The number of hydrogen-bond donors (Lipinski definition) is 0. The van der Waals surface area contributed by atoms with Crippen LogP contribution in [0.2, 0.25) is 0 Å². The van der Waals surface area contributed by atoms with Gasteiger partial charge in [0, 0.05) is 24.9 Å². The van der Waals surface area contributed by atoms with Crippen molar-refractivity contribution in [1.82, 2.24) is 4.90 Å². The second-order valence-electron chi connectivity index (χ2n) is 7.16. The van der Waals surface area contributed by atoms with Crippen molar-refractivity contribution in [3.63, 3.8) is 0 Å². The molecule has 154 valence electrons. The predicted octanol–water partition coefficient (Wildman–Crippen LogP) is 3.70. The van der Waals surface area contributed by atoms with Gasteiger partial charge in [-0.05, 0) is 42.2 Å². The second-order valence-corrected chi connectivity index (χ2v) is 9.73. The summed E-state index contributed by atoms with van der Waals surface area (Å²) >= 11 is 0. The number of benzene rings is 2. The van der Waals surface area contributed by atoms with Crippen molar-refractivity contribution in [3.05, 3.63) is 71.8 Å². The van der Waals surface area contributed by atoms with Gasteiger partial charge in [0.05, 0.1) is 5.25 Å². The molecular formula is C23H27NO4S. The van der Waals surface area contributed by atoms with E-state index in [0.29, 0.717) is 32.5 Å². The van der Waals surface area contributed by atoms with Crippen LogP contribution < -0.4 is 4.74 Å². The van der Waals surface area contributed by atoms with Crippen molar-refractivity contribution in [2.45, 2.75) is 31.6 Å². The lowest BCUT2D eigenvalue weighted by Gasteiger charge is -2.30. The summed E-state index contributed by atoms with van der Waals surface area (Å²) in [7, 11) is -3.03. The normalized spacial score (nSPS) is 15.6. The first-order valence-corrected chi connectivity index (χ1v) is 11.6. The van der Waals surface area contributed by atoms with Crippen molar-refractivity contribution in [1.29, 1.82) is 0 Å². The Bertz CT molecular complexity index is 946. The van der Waals surface area contributed by atoms with Crippen LogP contribution in [0, 0.1) is 0 Å². The Hall–Kier alpha value is -2.60. The molecule has 0 unspecified atom stereocenters. The number of sulfone groups is 1. The van der Waals surface area contributed by atoms with Gasteiger partial charge in [-0.1, -0.05) is 49.4 Å². The number of nitrogens with zero attached hydrogens (tertiary/aromatic N) is 1. The van der Waals surface area contributed by atoms with E-state index in [4.69, 9.17) is 4.74 Å². The van der Waals surface area contributed by atoms with Gasteiger partial charge in [-0.25, -0.2) is 8.42 Å². The van der Waals surface area contributed by atoms with Gasteiger partial charge in [0.1, 0.15) is 12.4 Å². The number of carbonyl (C=O) groups is 1. The molecule has 1 saturated heterocycles. The number of rotatable bonds is 7.